The first-order valence-electron chi connectivity index (χ1n) is 16.8. The van der Waals surface area contributed by atoms with Crippen molar-refractivity contribution in [1.82, 2.24) is 4.90 Å². The molecule has 3 saturated carbocycles. The van der Waals surface area contributed by atoms with E-state index < -0.39 is 0 Å². The first kappa shape index (κ1) is 28.7. The summed E-state index contributed by atoms with van der Waals surface area (Å²) in [6.07, 6.45) is 21.8. The summed E-state index contributed by atoms with van der Waals surface area (Å²) in [4.78, 5) is 15.1. The van der Waals surface area contributed by atoms with Crippen LogP contribution in [0.1, 0.15) is 131 Å². The molecule has 3 heteroatoms. The van der Waals surface area contributed by atoms with Crippen molar-refractivity contribution in [2.75, 3.05) is 19.6 Å². The predicted octanol–water partition coefficient (Wildman–Crippen LogP) is 8.82. The molecule has 0 N–H and O–H groups in total. The maximum atomic E-state index is 12.7. The van der Waals surface area contributed by atoms with E-state index in [-0.39, 0.29) is 12.1 Å². The molecule has 4 fully saturated rings. The van der Waals surface area contributed by atoms with Crippen molar-refractivity contribution in [2.24, 2.45) is 46.3 Å². The Morgan fingerprint density at radius 1 is 1.00 bits per heavy atom. The van der Waals surface area contributed by atoms with Crippen LogP contribution in [0.4, 0.5) is 0 Å². The molecule has 216 valence electrons. The Hall–Kier alpha value is -0.830. The molecule has 5 rings (SSSR count). The largest absolute Gasteiger partial charge is 0.462 e. The molecule has 0 radical (unpaired) electrons. The summed E-state index contributed by atoms with van der Waals surface area (Å²) in [5, 5.41) is 0. The molecule has 8 atom stereocenters. The highest BCUT2D eigenvalue weighted by molar-refractivity contribution is 5.69. The molecule has 0 spiro atoms. The number of ether oxygens (including phenoxy) is 1. The van der Waals surface area contributed by atoms with Crippen molar-refractivity contribution in [3.8, 4) is 0 Å². The number of nitrogens with zero attached hydrogens (tertiary/aromatic N) is 1. The Kier molecular flexibility index (Phi) is 9.03. The minimum atomic E-state index is 0.0337. The summed E-state index contributed by atoms with van der Waals surface area (Å²) >= 11 is 0. The Balaban J connectivity index is 1.17. The minimum absolute atomic E-state index is 0.0337. The lowest BCUT2D eigenvalue weighted by molar-refractivity contribution is -0.152. The molecule has 1 heterocycles. The smallest absolute Gasteiger partial charge is 0.307 e. The van der Waals surface area contributed by atoms with Gasteiger partial charge in [-0.3, -0.25) is 4.79 Å². The summed E-state index contributed by atoms with van der Waals surface area (Å²) in [6, 6.07) is 0. The molecule has 4 aliphatic carbocycles. The van der Waals surface area contributed by atoms with E-state index in [0.717, 1.165) is 68.0 Å². The van der Waals surface area contributed by atoms with Crippen molar-refractivity contribution >= 4 is 5.97 Å². The molecule has 1 saturated heterocycles. The van der Waals surface area contributed by atoms with Crippen LogP contribution in [0.3, 0.4) is 0 Å². The van der Waals surface area contributed by atoms with Crippen LogP contribution in [0.25, 0.3) is 0 Å². The van der Waals surface area contributed by atoms with Gasteiger partial charge in [0, 0.05) is 13.0 Å². The van der Waals surface area contributed by atoms with E-state index in [2.05, 4.69) is 45.6 Å². The van der Waals surface area contributed by atoms with Crippen molar-refractivity contribution in [3.05, 3.63) is 11.6 Å². The van der Waals surface area contributed by atoms with Gasteiger partial charge >= 0.3 is 5.97 Å². The van der Waals surface area contributed by atoms with Gasteiger partial charge in [-0.15, -0.1) is 0 Å². The van der Waals surface area contributed by atoms with Gasteiger partial charge in [-0.05, 0) is 117 Å². The Morgan fingerprint density at radius 3 is 2.55 bits per heavy atom. The molecular formula is C35H59NO2. The van der Waals surface area contributed by atoms with Gasteiger partial charge in [-0.2, -0.15) is 0 Å². The predicted molar refractivity (Wildman–Crippen MR) is 158 cm³/mol. The van der Waals surface area contributed by atoms with E-state index in [1.54, 1.807) is 5.57 Å². The summed E-state index contributed by atoms with van der Waals surface area (Å²) in [7, 11) is 0. The highest BCUT2D eigenvalue weighted by Gasteiger charge is 2.59. The van der Waals surface area contributed by atoms with E-state index in [1.165, 1.54) is 77.0 Å². The van der Waals surface area contributed by atoms with Crippen LogP contribution in [-0.4, -0.2) is 36.6 Å². The van der Waals surface area contributed by atoms with Gasteiger partial charge in [-0.25, -0.2) is 0 Å². The lowest BCUT2D eigenvalue weighted by atomic mass is 9.47. The van der Waals surface area contributed by atoms with Gasteiger partial charge in [0.15, 0.2) is 0 Å². The fraction of sp³-hybridized carbons (Fsp3) is 0.914. The third-order valence-corrected chi connectivity index (χ3v) is 12.6. The zero-order chi connectivity index (χ0) is 26.9. The number of hydrogen-bond acceptors (Lipinski definition) is 3. The van der Waals surface area contributed by atoms with Gasteiger partial charge in [-0.1, -0.05) is 72.0 Å². The lowest BCUT2D eigenvalue weighted by Crippen LogP contribution is -2.51. The molecule has 0 unspecified atom stereocenters. The Labute approximate surface area is 234 Å². The van der Waals surface area contributed by atoms with E-state index in [1.807, 2.05) is 0 Å². The van der Waals surface area contributed by atoms with Gasteiger partial charge in [0.25, 0.3) is 0 Å². The van der Waals surface area contributed by atoms with E-state index in [0.29, 0.717) is 17.3 Å². The van der Waals surface area contributed by atoms with Gasteiger partial charge in [0.2, 0.25) is 0 Å². The number of fused-ring (bicyclic) bond motifs is 5. The summed E-state index contributed by atoms with van der Waals surface area (Å²) in [6.45, 7) is 15.8. The molecule has 5 aliphatic rings. The van der Waals surface area contributed by atoms with E-state index in [9.17, 15) is 4.79 Å². The van der Waals surface area contributed by atoms with E-state index in [4.69, 9.17) is 4.74 Å². The second-order valence-corrected chi connectivity index (χ2v) is 15.3. The molecule has 0 aromatic rings. The third-order valence-electron chi connectivity index (χ3n) is 12.6. The molecule has 0 aromatic heterocycles. The quantitative estimate of drug-likeness (QED) is 0.222. The second-order valence-electron chi connectivity index (χ2n) is 15.3. The van der Waals surface area contributed by atoms with Crippen LogP contribution >= 0.6 is 0 Å². The normalized spacial score (nSPS) is 40.2. The van der Waals surface area contributed by atoms with Crippen molar-refractivity contribution in [1.29, 1.82) is 0 Å². The van der Waals surface area contributed by atoms with Gasteiger partial charge in [0.05, 0.1) is 6.42 Å². The number of rotatable bonds is 9. The van der Waals surface area contributed by atoms with Crippen LogP contribution in [-0.2, 0) is 9.53 Å². The second kappa shape index (κ2) is 12.0. The van der Waals surface area contributed by atoms with Crippen LogP contribution < -0.4 is 0 Å². The van der Waals surface area contributed by atoms with Crippen LogP contribution in [0.2, 0.25) is 0 Å². The standard InChI is InChI=1S/C35H59NO2/c1-25(2)10-9-11-26(3)30-14-15-31-29-13-12-27-24-28(38-33(37)18-23-36-21-7-6-8-22-36)16-19-34(27,4)32(29)17-20-35(30,31)5/h12,25-26,28-32H,6-11,13-24H2,1-5H3/t26-,28+,29-,30+,31-,32-,34+,35+/m1/s1. The van der Waals surface area contributed by atoms with Crippen molar-refractivity contribution in [2.45, 2.75) is 137 Å². The number of allylic oxidation sites excluding steroid dienone is 1. The number of esters is 1. The first-order valence-corrected chi connectivity index (χ1v) is 16.8. The van der Waals surface area contributed by atoms with Crippen LogP contribution in [0.5, 0.6) is 0 Å². The molecule has 0 amide bonds. The topological polar surface area (TPSA) is 29.5 Å². The number of carbonyl (C=O) groups is 1. The zero-order valence-electron chi connectivity index (χ0n) is 25.6. The highest BCUT2D eigenvalue weighted by Crippen LogP contribution is 2.67. The molecule has 3 nitrogen and oxygen atoms in total. The maximum absolute atomic E-state index is 12.7. The minimum Gasteiger partial charge on any atom is -0.462 e. The summed E-state index contributed by atoms with van der Waals surface area (Å²) < 4.78 is 6.08. The fourth-order valence-corrected chi connectivity index (χ4v) is 10.4. The van der Waals surface area contributed by atoms with E-state index >= 15 is 0 Å². The van der Waals surface area contributed by atoms with Crippen LogP contribution in [0.15, 0.2) is 11.6 Å². The molecule has 38 heavy (non-hydrogen) atoms. The molecular weight excluding hydrogens is 466 g/mol. The number of carbonyl (C=O) groups excluding carboxylic acids is 1. The molecule has 0 aromatic carbocycles. The van der Waals surface area contributed by atoms with Crippen molar-refractivity contribution in [3.63, 3.8) is 0 Å². The average molecular weight is 526 g/mol. The summed E-state index contributed by atoms with van der Waals surface area (Å²) in [5.74, 6) is 5.31. The van der Waals surface area contributed by atoms with Crippen molar-refractivity contribution < 1.29 is 9.53 Å². The average Bonchev–Trinajstić information content (AvgIpc) is 3.25. The first-order chi connectivity index (χ1) is 18.2. The Bertz CT molecular complexity index is 843. The third kappa shape index (κ3) is 5.80. The Morgan fingerprint density at radius 2 is 1.79 bits per heavy atom. The van der Waals surface area contributed by atoms with Gasteiger partial charge in [0.1, 0.15) is 6.10 Å². The number of likely N-dealkylation sites (tertiary alicyclic amines) is 1. The molecule has 0 bridgehead atoms. The fourth-order valence-electron chi connectivity index (χ4n) is 10.4. The number of hydrogen-bond donors (Lipinski definition) is 0. The SMILES string of the molecule is CC(C)CCC[C@@H](C)[C@@H]1CC[C@@H]2[C@H]3CC=C4C[C@@H](OC(=O)CCN5CCCCC5)CC[C@]4(C)[C@@H]3CC[C@]21C. The highest BCUT2D eigenvalue weighted by atomic mass is 16.5. The number of piperidine rings is 1. The lowest BCUT2D eigenvalue weighted by Gasteiger charge is -2.58. The zero-order valence-corrected chi connectivity index (χ0v) is 25.6. The monoisotopic (exact) mass is 525 g/mol. The van der Waals surface area contributed by atoms with Crippen LogP contribution in [0, 0.1) is 46.3 Å². The maximum Gasteiger partial charge on any atom is 0.307 e. The molecule has 1 aliphatic heterocycles. The summed E-state index contributed by atoms with van der Waals surface area (Å²) in [5.41, 5.74) is 2.53. The van der Waals surface area contributed by atoms with Gasteiger partial charge < -0.3 is 9.64 Å².